The van der Waals surface area contributed by atoms with Crippen molar-refractivity contribution in [2.45, 2.75) is 6.92 Å². The van der Waals surface area contributed by atoms with E-state index in [4.69, 9.17) is 4.74 Å². The van der Waals surface area contributed by atoms with Crippen LogP contribution in [0.15, 0.2) is 18.3 Å². The summed E-state index contributed by atoms with van der Waals surface area (Å²) in [5.74, 6) is -0.287. The van der Waals surface area contributed by atoms with E-state index in [1.54, 1.807) is 6.20 Å². The van der Waals surface area contributed by atoms with Gasteiger partial charge in [0.15, 0.2) is 0 Å². The van der Waals surface area contributed by atoms with Crippen LogP contribution in [0.5, 0.6) is 0 Å². The van der Waals surface area contributed by atoms with E-state index in [0.29, 0.717) is 4.88 Å². The lowest BCUT2D eigenvalue weighted by atomic mass is 10.2. The summed E-state index contributed by atoms with van der Waals surface area (Å²) in [6.45, 7) is 1.91. The van der Waals surface area contributed by atoms with Crippen molar-refractivity contribution < 1.29 is 9.53 Å². The first-order valence-corrected chi connectivity index (χ1v) is 4.98. The normalized spacial score (nSPS) is 10.4. The molecule has 2 rings (SSSR count). The molecule has 4 heteroatoms. The second-order valence-electron chi connectivity index (χ2n) is 2.90. The molecule has 0 amide bonds. The van der Waals surface area contributed by atoms with Crippen LogP contribution < -0.4 is 0 Å². The number of aryl methyl sites for hydroxylation is 1. The summed E-state index contributed by atoms with van der Waals surface area (Å²) in [6.07, 6.45) is 1.72. The van der Waals surface area contributed by atoms with Crippen molar-refractivity contribution in [3.05, 3.63) is 28.8 Å². The number of thiophene rings is 1. The number of nitrogens with zero attached hydrogens (tertiary/aromatic N) is 1. The van der Waals surface area contributed by atoms with Crippen LogP contribution in [0.3, 0.4) is 0 Å². The summed E-state index contributed by atoms with van der Waals surface area (Å²) < 4.78 is 4.69. The molecule has 14 heavy (non-hydrogen) atoms. The molecular formula is C10H9NO2S. The third-order valence-corrected chi connectivity index (χ3v) is 3.28. The van der Waals surface area contributed by atoms with Crippen molar-refractivity contribution in [3.8, 4) is 0 Å². The highest BCUT2D eigenvalue weighted by Gasteiger charge is 2.15. The van der Waals surface area contributed by atoms with Crippen LogP contribution in [0.4, 0.5) is 0 Å². The molecule has 0 N–H and O–H groups in total. The van der Waals surface area contributed by atoms with Gasteiger partial charge in [-0.15, -0.1) is 11.3 Å². The molecule has 0 fully saturated rings. The molecular weight excluding hydrogens is 198 g/mol. The maximum absolute atomic E-state index is 11.4. The van der Waals surface area contributed by atoms with Gasteiger partial charge < -0.3 is 4.74 Å². The van der Waals surface area contributed by atoms with Crippen molar-refractivity contribution >= 4 is 27.5 Å². The minimum absolute atomic E-state index is 0.287. The molecule has 0 unspecified atom stereocenters. The summed E-state index contributed by atoms with van der Waals surface area (Å²) in [6, 6.07) is 3.82. The fraction of sp³-hybridized carbons (Fsp3) is 0.200. The molecule has 0 radical (unpaired) electrons. The quantitative estimate of drug-likeness (QED) is 0.674. The Labute approximate surface area is 85.3 Å². The molecule has 0 aliphatic heterocycles. The SMILES string of the molecule is COC(=O)c1sc2ncccc2c1C. The van der Waals surface area contributed by atoms with Crippen LogP contribution in [0.2, 0.25) is 0 Å². The first-order chi connectivity index (χ1) is 6.74. The van der Waals surface area contributed by atoms with Crippen molar-refractivity contribution in [1.82, 2.24) is 4.98 Å². The number of aromatic nitrogens is 1. The smallest absolute Gasteiger partial charge is 0.348 e. The standard InChI is InChI=1S/C10H9NO2S/c1-6-7-4-3-5-11-9(7)14-8(6)10(12)13-2/h3-5H,1-2H3. The number of carbonyl (C=O) groups excluding carboxylic acids is 1. The van der Waals surface area contributed by atoms with Crippen molar-refractivity contribution in [2.75, 3.05) is 7.11 Å². The summed E-state index contributed by atoms with van der Waals surface area (Å²) in [5.41, 5.74) is 0.949. The Bertz CT molecular complexity index is 490. The van der Waals surface area contributed by atoms with Gasteiger partial charge in [0.2, 0.25) is 0 Å². The average molecular weight is 207 g/mol. The molecule has 72 valence electrons. The highest BCUT2D eigenvalue weighted by molar-refractivity contribution is 7.20. The molecule has 0 spiro atoms. The molecule has 0 aromatic carbocycles. The second kappa shape index (κ2) is 3.38. The minimum Gasteiger partial charge on any atom is -0.465 e. The Balaban J connectivity index is 2.68. The molecule has 2 aromatic heterocycles. The third-order valence-electron chi connectivity index (χ3n) is 2.09. The lowest BCUT2D eigenvalue weighted by Crippen LogP contribution is -1.99. The molecule has 0 atom stereocenters. The van der Waals surface area contributed by atoms with Crippen LogP contribution in [-0.4, -0.2) is 18.1 Å². The zero-order valence-electron chi connectivity index (χ0n) is 7.90. The van der Waals surface area contributed by atoms with Crippen molar-refractivity contribution in [1.29, 1.82) is 0 Å². The lowest BCUT2D eigenvalue weighted by Gasteiger charge is -1.95. The maximum Gasteiger partial charge on any atom is 0.348 e. The Morgan fingerprint density at radius 1 is 1.57 bits per heavy atom. The number of methoxy groups -OCH3 is 1. The number of esters is 1. The second-order valence-corrected chi connectivity index (χ2v) is 3.90. The van der Waals surface area contributed by atoms with Crippen molar-refractivity contribution in [2.24, 2.45) is 0 Å². The van der Waals surface area contributed by atoms with Gasteiger partial charge in [0, 0.05) is 11.6 Å². The molecule has 3 nitrogen and oxygen atoms in total. The number of pyridine rings is 1. The van der Waals surface area contributed by atoms with Crippen LogP contribution in [0.25, 0.3) is 10.2 Å². The largest absolute Gasteiger partial charge is 0.465 e. The minimum atomic E-state index is -0.287. The molecule has 0 bridgehead atoms. The number of ether oxygens (including phenoxy) is 1. The van der Waals surface area contributed by atoms with Gasteiger partial charge in [0.1, 0.15) is 9.71 Å². The van der Waals surface area contributed by atoms with E-state index in [2.05, 4.69) is 4.98 Å². The predicted octanol–water partition coefficient (Wildman–Crippen LogP) is 2.39. The summed E-state index contributed by atoms with van der Waals surface area (Å²) in [7, 11) is 1.39. The van der Waals surface area contributed by atoms with E-state index in [0.717, 1.165) is 15.8 Å². The third kappa shape index (κ3) is 1.28. The zero-order chi connectivity index (χ0) is 10.1. The van der Waals surface area contributed by atoms with Gasteiger partial charge in [-0.3, -0.25) is 0 Å². The number of carbonyl (C=O) groups is 1. The van der Waals surface area contributed by atoms with E-state index >= 15 is 0 Å². The predicted molar refractivity (Wildman–Crippen MR) is 55.7 cm³/mol. The summed E-state index contributed by atoms with van der Waals surface area (Å²) in [5, 5.41) is 1.03. The van der Waals surface area contributed by atoms with Crippen LogP contribution in [-0.2, 0) is 4.74 Å². The van der Waals surface area contributed by atoms with Gasteiger partial charge in [-0.2, -0.15) is 0 Å². The van der Waals surface area contributed by atoms with E-state index in [-0.39, 0.29) is 5.97 Å². The fourth-order valence-corrected chi connectivity index (χ4v) is 2.41. The van der Waals surface area contributed by atoms with Gasteiger partial charge >= 0.3 is 5.97 Å². The van der Waals surface area contributed by atoms with Crippen LogP contribution in [0.1, 0.15) is 15.2 Å². The van der Waals surface area contributed by atoms with E-state index in [1.807, 2.05) is 19.1 Å². The van der Waals surface area contributed by atoms with Crippen LogP contribution in [0, 0.1) is 6.92 Å². The molecule has 2 heterocycles. The number of hydrogen-bond acceptors (Lipinski definition) is 4. The fourth-order valence-electron chi connectivity index (χ4n) is 1.34. The Hall–Kier alpha value is -1.42. The summed E-state index contributed by atoms with van der Waals surface area (Å²) in [4.78, 5) is 17.1. The van der Waals surface area contributed by atoms with Crippen molar-refractivity contribution in [3.63, 3.8) is 0 Å². The monoisotopic (exact) mass is 207 g/mol. The topological polar surface area (TPSA) is 39.2 Å². The van der Waals surface area contributed by atoms with Gasteiger partial charge in [0.05, 0.1) is 7.11 Å². The van der Waals surface area contributed by atoms with E-state index in [1.165, 1.54) is 18.4 Å². The molecule has 0 aliphatic carbocycles. The Kier molecular flexibility index (Phi) is 2.21. The highest BCUT2D eigenvalue weighted by atomic mass is 32.1. The van der Waals surface area contributed by atoms with E-state index < -0.39 is 0 Å². The highest BCUT2D eigenvalue weighted by Crippen LogP contribution is 2.29. The number of fused-ring (bicyclic) bond motifs is 1. The molecule has 0 saturated carbocycles. The Morgan fingerprint density at radius 2 is 2.36 bits per heavy atom. The molecule has 0 aliphatic rings. The Morgan fingerprint density at radius 3 is 3.00 bits per heavy atom. The first kappa shape index (κ1) is 9.15. The summed E-state index contributed by atoms with van der Waals surface area (Å²) >= 11 is 1.37. The average Bonchev–Trinajstić information content (AvgIpc) is 2.56. The van der Waals surface area contributed by atoms with Crippen LogP contribution >= 0.6 is 11.3 Å². The molecule has 0 saturated heterocycles. The number of hydrogen-bond donors (Lipinski definition) is 0. The first-order valence-electron chi connectivity index (χ1n) is 4.16. The number of rotatable bonds is 1. The lowest BCUT2D eigenvalue weighted by molar-refractivity contribution is 0.0605. The zero-order valence-corrected chi connectivity index (χ0v) is 8.72. The maximum atomic E-state index is 11.4. The van der Waals surface area contributed by atoms with E-state index in [9.17, 15) is 4.79 Å². The molecule has 2 aromatic rings. The van der Waals surface area contributed by atoms with Gasteiger partial charge in [0.25, 0.3) is 0 Å². The van der Waals surface area contributed by atoms with Gasteiger partial charge in [-0.05, 0) is 18.6 Å². The van der Waals surface area contributed by atoms with Gasteiger partial charge in [-0.25, -0.2) is 9.78 Å². The van der Waals surface area contributed by atoms with Gasteiger partial charge in [-0.1, -0.05) is 6.07 Å².